The van der Waals surface area contributed by atoms with E-state index < -0.39 is 0 Å². The van der Waals surface area contributed by atoms with E-state index in [0.717, 1.165) is 12.0 Å². The summed E-state index contributed by atoms with van der Waals surface area (Å²) in [4.78, 5) is 11.3. The molecule has 0 aromatic heterocycles. The number of benzene rings is 1. The largest absolute Gasteiger partial charge is 0.346 e. The summed E-state index contributed by atoms with van der Waals surface area (Å²) in [7, 11) is 0. The molecule has 1 N–H and O–H groups in total. The minimum Gasteiger partial charge on any atom is -0.346 e. The summed E-state index contributed by atoms with van der Waals surface area (Å²) in [5, 5.41) is 3.64. The van der Waals surface area contributed by atoms with Crippen molar-refractivity contribution in [1.82, 2.24) is 5.32 Å². The normalized spacial score (nSPS) is 12.6. The average molecular weight is 280 g/mol. The van der Waals surface area contributed by atoms with Crippen LogP contribution in [0.1, 0.15) is 51.1 Å². The lowest BCUT2D eigenvalue weighted by molar-refractivity contribution is -0.119. The van der Waals surface area contributed by atoms with Crippen molar-refractivity contribution in [3.8, 4) is 0 Å². The second kappa shape index (κ2) is 8.76. The van der Waals surface area contributed by atoms with Crippen LogP contribution in [0.15, 0.2) is 36.4 Å². The second-order valence-electron chi connectivity index (χ2n) is 4.65. The molecule has 0 radical (unpaired) electrons. The SMILES string of the molecule is CCCCC/C=C/[C@@H](NC(C)=O)c1ccc(Cl)cc1. The van der Waals surface area contributed by atoms with Crippen LogP contribution in [0.2, 0.25) is 5.02 Å². The predicted octanol–water partition coefficient (Wildman–Crippen LogP) is 4.65. The molecule has 1 aromatic carbocycles. The van der Waals surface area contributed by atoms with Crippen molar-refractivity contribution < 1.29 is 4.79 Å². The van der Waals surface area contributed by atoms with Crippen LogP contribution in [-0.4, -0.2) is 5.91 Å². The fraction of sp³-hybridized carbons (Fsp3) is 0.438. The lowest BCUT2D eigenvalue weighted by atomic mass is 10.1. The summed E-state index contributed by atoms with van der Waals surface area (Å²) in [6.45, 7) is 3.73. The maximum Gasteiger partial charge on any atom is 0.217 e. The second-order valence-corrected chi connectivity index (χ2v) is 5.09. The molecular formula is C16H22ClNO. The maximum atomic E-state index is 11.3. The smallest absolute Gasteiger partial charge is 0.217 e. The highest BCUT2D eigenvalue weighted by Crippen LogP contribution is 2.18. The average Bonchev–Trinajstić information content (AvgIpc) is 2.38. The molecule has 1 atom stereocenters. The highest BCUT2D eigenvalue weighted by atomic mass is 35.5. The van der Waals surface area contributed by atoms with Crippen molar-refractivity contribution >= 4 is 17.5 Å². The molecule has 3 heteroatoms. The molecular weight excluding hydrogens is 258 g/mol. The number of hydrogen-bond acceptors (Lipinski definition) is 1. The number of unbranched alkanes of at least 4 members (excludes halogenated alkanes) is 3. The van der Waals surface area contributed by atoms with Crippen LogP contribution in [0.5, 0.6) is 0 Å². The molecule has 0 aliphatic rings. The fourth-order valence-corrected chi connectivity index (χ4v) is 2.00. The molecule has 1 rings (SSSR count). The molecule has 0 aliphatic heterocycles. The van der Waals surface area contributed by atoms with Gasteiger partial charge in [-0.25, -0.2) is 0 Å². The maximum absolute atomic E-state index is 11.3. The zero-order valence-corrected chi connectivity index (χ0v) is 12.4. The molecule has 1 amide bonds. The molecule has 0 aliphatic carbocycles. The van der Waals surface area contributed by atoms with E-state index in [1.54, 1.807) is 0 Å². The summed E-state index contributed by atoms with van der Waals surface area (Å²) in [5.74, 6) is -0.0295. The molecule has 104 valence electrons. The molecule has 0 spiro atoms. The Bertz CT molecular complexity index is 411. The monoisotopic (exact) mass is 279 g/mol. The number of rotatable bonds is 7. The number of allylic oxidation sites excluding steroid dienone is 1. The van der Waals surface area contributed by atoms with E-state index in [1.165, 1.54) is 26.2 Å². The van der Waals surface area contributed by atoms with E-state index in [0.29, 0.717) is 5.02 Å². The highest BCUT2D eigenvalue weighted by Gasteiger charge is 2.08. The van der Waals surface area contributed by atoms with Gasteiger partial charge in [-0.2, -0.15) is 0 Å². The molecule has 0 fully saturated rings. The zero-order valence-electron chi connectivity index (χ0n) is 11.7. The van der Waals surface area contributed by atoms with Gasteiger partial charge in [0.1, 0.15) is 0 Å². The van der Waals surface area contributed by atoms with Crippen molar-refractivity contribution in [2.75, 3.05) is 0 Å². The number of hydrogen-bond donors (Lipinski definition) is 1. The highest BCUT2D eigenvalue weighted by molar-refractivity contribution is 6.30. The van der Waals surface area contributed by atoms with Gasteiger partial charge in [-0.3, -0.25) is 4.79 Å². The Morgan fingerprint density at radius 3 is 2.58 bits per heavy atom. The summed E-state index contributed by atoms with van der Waals surface area (Å²) in [6.07, 6.45) is 8.92. The molecule has 19 heavy (non-hydrogen) atoms. The Labute approximate surface area is 120 Å². The topological polar surface area (TPSA) is 29.1 Å². The lowest BCUT2D eigenvalue weighted by Crippen LogP contribution is -2.24. The van der Waals surface area contributed by atoms with Crippen molar-refractivity contribution in [2.45, 2.75) is 45.6 Å². The molecule has 0 saturated carbocycles. The van der Waals surface area contributed by atoms with E-state index in [2.05, 4.69) is 24.4 Å². The van der Waals surface area contributed by atoms with E-state index >= 15 is 0 Å². The summed E-state index contributed by atoms with van der Waals surface area (Å²) >= 11 is 5.88. The van der Waals surface area contributed by atoms with Crippen LogP contribution in [0, 0.1) is 0 Å². The summed E-state index contributed by atoms with van der Waals surface area (Å²) in [5.41, 5.74) is 1.05. The van der Waals surface area contributed by atoms with Crippen LogP contribution in [-0.2, 0) is 4.79 Å². The first-order valence-corrected chi connectivity index (χ1v) is 7.20. The van der Waals surface area contributed by atoms with Gasteiger partial charge in [0, 0.05) is 11.9 Å². The van der Waals surface area contributed by atoms with Crippen LogP contribution in [0.4, 0.5) is 0 Å². The van der Waals surface area contributed by atoms with Gasteiger partial charge in [0.05, 0.1) is 6.04 Å². The molecule has 0 bridgehead atoms. The van der Waals surface area contributed by atoms with Gasteiger partial charge >= 0.3 is 0 Å². The van der Waals surface area contributed by atoms with Crippen LogP contribution < -0.4 is 5.32 Å². The van der Waals surface area contributed by atoms with Crippen molar-refractivity contribution in [3.63, 3.8) is 0 Å². The first-order valence-electron chi connectivity index (χ1n) is 6.82. The Kier molecular flexibility index (Phi) is 7.27. The Morgan fingerprint density at radius 2 is 2.00 bits per heavy atom. The number of halogens is 1. The molecule has 2 nitrogen and oxygen atoms in total. The van der Waals surface area contributed by atoms with Gasteiger partial charge < -0.3 is 5.32 Å². The van der Waals surface area contributed by atoms with E-state index in [9.17, 15) is 4.79 Å². The van der Waals surface area contributed by atoms with Gasteiger partial charge in [-0.05, 0) is 30.5 Å². The summed E-state index contributed by atoms with van der Waals surface area (Å²) in [6, 6.07) is 7.50. The van der Waals surface area contributed by atoms with Crippen LogP contribution in [0.3, 0.4) is 0 Å². The number of nitrogens with one attached hydrogen (secondary N) is 1. The molecule has 0 saturated heterocycles. The number of amides is 1. The van der Waals surface area contributed by atoms with Gasteiger partial charge in [0.25, 0.3) is 0 Å². The fourth-order valence-electron chi connectivity index (χ4n) is 1.88. The minimum atomic E-state index is -0.0728. The first-order chi connectivity index (χ1) is 9.13. The molecule has 0 heterocycles. The van der Waals surface area contributed by atoms with Crippen molar-refractivity contribution in [1.29, 1.82) is 0 Å². The van der Waals surface area contributed by atoms with Gasteiger partial charge in [0.15, 0.2) is 0 Å². The Morgan fingerprint density at radius 1 is 1.32 bits per heavy atom. The standard InChI is InChI=1S/C16H22ClNO/c1-3-4-5-6-7-8-16(18-13(2)19)14-9-11-15(17)12-10-14/h7-12,16H,3-6H2,1-2H3,(H,18,19)/b8-7+/t16-/m1/s1. The van der Waals surface area contributed by atoms with Gasteiger partial charge in [-0.1, -0.05) is 55.7 Å². The third kappa shape index (κ3) is 6.44. The van der Waals surface area contributed by atoms with Crippen molar-refractivity contribution in [3.05, 3.63) is 47.0 Å². The molecule has 1 aromatic rings. The third-order valence-corrected chi connectivity index (χ3v) is 3.14. The predicted molar refractivity (Wildman–Crippen MR) is 81.3 cm³/mol. The van der Waals surface area contributed by atoms with Gasteiger partial charge in [0.2, 0.25) is 5.91 Å². The quantitative estimate of drug-likeness (QED) is 0.571. The Balaban J connectivity index is 2.66. The van der Waals surface area contributed by atoms with Gasteiger partial charge in [-0.15, -0.1) is 0 Å². The minimum absolute atomic E-state index is 0.0295. The summed E-state index contributed by atoms with van der Waals surface area (Å²) < 4.78 is 0. The number of carbonyl (C=O) groups excluding carboxylic acids is 1. The molecule has 0 unspecified atom stereocenters. The lowest BCUT2D eigenvalue weighted by Gasteiger charge is -2.14. The third-order valence-electron chi connectivity index (χ3n) is 2.89. The van der Waals surface area contributed by atoms with Crippen LogP contribution >= 0.6 is 11.6 Å². The van der Waals surface area contributed by atoms with Crippen molar-refractivity contribution in [2.24, 2.45) is 0 Å². The van der Waals surface area contributed by atoms with E-state index in [1.807, 2.05) is 24.3 Å². The first kappa shape index (κ1) is 15.8. The van der Waals surface area contributed by atoms with Crippen LogP contribution in [0.25, 0.3) is 0 Å². The van der Waals surface area contributed by atoms with E-state index in [4.69, 9.17) is 11.6 Å². The number of carbonyl (C=O) groups is 1. The van der Waals surface area contributed by atoms with E-state index in [-0.39, 0.29) is 11.9 Å². The Hall–Kier alpha value is -1.28. The zero-order chi connectivity index (χ0) is 14.1.